The molecule has 0 bridgehead atoms. The largest absolute Gasteiger partial charge is 0.358 e. The summed E-state index contributed by atoms with van der Waals surface area (Å²) in [4.78, 5) is 12.1. The molecule has 122 valence electrons. The van der Waals surface area contributed by atoms with Gasteiger partial charge in [-0.3, -0.25) is 4.79 Å². The molecule has 2 rings (SSSR count). The molecule has 0 aromatic heterocycles. The molecule has 0 aromatic rings. The summed E-state index contributed by atoms with van der Waals surface area (Å²) in [6.45, 7) is 8.53. The van der Waals surface area contributed by atoms with E-state index < -0.39 is 5.41 Å². The third-order valence-electron chi connectivity index (χ3n) is 4.69. The van der Waals surface area contributed by atoms with Crippen LogP contribution in [-0.4, -0.2) is 13.0 Å². The summed E-state index contributed by atoms with van der Waals surface area (Å²) in [6.07, 6.45) is 21.1. The van der Waals surface area contributed by atoms with Crippen LogP contribution in [0.5, 0.6) is 0 Å². The van der Waals surface area contributed by atoms with E-state index in [-0.39, 0.29) is 11.3 Å². The van der Waals surface area contributed by atoms with Crippen molar-refractivity contribution in [3.8, 4) is 0 Å². The van der Waals surface area contributed by atoms with Gasteiger partial charge in [-0.05, 0) is 30.9 Å². The van der Waals surface area contributed by atoms with E-state index in [0.29, 0.717) is 5.92 Å². The number of hydrogen-bond acceptors (Lipinski definition) is 1. The molecule has 0 aliphatic heterocycles. The lowest BCUT2D eigenvalue weighted by molar-refractivity contribution is -0.125. The van der Waals surface area contributed by atoms with Crippen molar-refractivity contribution in [1.29, 1.82) is 0 Å². The van der Waals surface area contributed by atoms with Gasteiger partial charge < -0.3 is 5.32 Å². The minimum absolute atomic E-state index is 0.000476. The van der Waals surface area contributed by atoms with Crippen LogP contribution < -0.4 is 5.32 Å². The second-order valence-electron chi connectivity index (χ2n) is 6.97. The van der Waals surface area contributed by atoms with Gasteiger partial charge in [-0.1, -0.05) is 74.6 Å². The van der Waals surface area contributed by atoms with Gasteiger partial charge in [-0.15, -0.1) is 0 Å². The van der Waals surface area contributed by atoms with Crippen LogP contribution in [0.1, 0.15) is 27.7 Å². The lowest BCUT2D eigenvalue weighted by Crippen LogP contribution is -2.33. The first-order valence-electron chi connectivity index (χ1n) is 8.21. The maximum Gasteiger partial charge on any atom is 0.233 e. The first-order valence-corrected chi connectivity index (χ1v) is 8.21. The molecule has 0 fully saturated rings. The average molecular weight is 309 g/mol. The fraction of sp³-hybridized carbons (Fsp3) is 0.381. The van der Waals surface area contributed by atoms with E-state index in [1.165, 1.54) is 11.1 Å². The Morgan fingerprint density at radius 2 is 1.70 bits per heavy atom. The molecule has 2 heteroatoms. The van der Waals surface area contributed by atoms with Gasteiger partial charge in [0.05, 0.1) is 5.41 Å². The molecule has 2 aliphatic rings. The first-order chi connectivity index (χ1) is 10.8. The zero-order valence-corrected chi connectivity index (χ0v) is 14.8. The highest BCUT2D eigenvalue weighted by atomic mass is 16.2. The predicted molar refractivity (Wildman–Crippen MR) is 97.8 cm³/mol. The quantitative estimate of drug-likeness (QED) is 0.816. The Labute approximate surface area is 140 Å². The SMILES string of the molecule is CNC(=O)C1(C)C=CC=C(C2(C)C=CC=C(C(C)C)C=C2)C=C1. The van der Waals surface area contributed by atoms with Crippen LogP contribution in [0.4, 0.5) is 0 Å². The number of nitrogens with one attached hydrogen (secondary N) is 1. The second kappa shape index (κ2) is 6.57. The zero-order chi connectivity index (χ0) is 17.1. The van der Waals surface area contributed by atoms with E-state index in [2.05, 4.69) is 68.6 Å². The van der Waals surface area contributed by atoms with Crippen LogP contribution in [0.2, 0.25) is 0 Å². The van der Waals surface area contributed by atoms with Crippen LogP contribution >= 0.6 is 0 Å². The first kappa shape index (κ1) is 17.3. The molecule has 2 nitrogen and oxygen atoms in total. The zero-order valence-electron chi connectivity index (χ0n) is 14.8. The highest BCUT2D eigenvalue weighted by Gasteiger charge is 2.29. The highest BCUT2D eigenvalue weighted by molar-refractivity contribution is 5.86. The molecule has 0 saturated carbocycles. The Kier molecular flexibility index (Phi) is 4.93. The van der Waals surface area contributed by atoms with Gasteiger partial charge in [0.1, 0.15) is 0 Å². The smallest absolute Gasteiger partial charge is 0.233 e. The number of carbonyl (C=O) groups excluding carboxylic acids is 1. The summed E-state index contributed by atoms with van der Waals surface area (Å²) >= 11 is 0. The summed E-state index contributed by atoms with van der Waals surface area (Å²) in [5, 5.41) is 2.73. The van der Waals surface area contributed by atoms with E-state index in [4.69, 9.17) is 0 Å². The third kappa shape index (κ3) is 3.64. The Hall–Kier alpha value is -2.09. The molecule has 2 unspecified atom stereocenters. The summed E-state index contributed by atoms with van der Waals surface area (Å²) in [5.41, 5.74) is 1.71. The van der Waals surface area contributed by atoms with E-state index in [0.717, 1.165) is 0 Å². The van der Waals surface area contributed by atoms with Gasteiger partial charge in [-0.25, -0.2) is 0 Å². The van der Waals surface area contributed by atoms with Crippen molar-refractivity contribution in [1.82, 2.24) is 5.32 Å². The lowest BCUT2D eigenvalue weighted by Gasteiger charge is -2.24. The van der Waals surface area contributed by atoms with Gasteiger partial charge in [-0.2, -0.15) is 0 Å². The van der Waals surface area contributed by atoms with Gasteiger partial charge in [0.2, 0.25) is 5.91 Å². The monoisotopic (exact) mass is 309 g/mol. The van der Waals surface area contributed by atoms with E-state index in [9.17, 15) is 4.79 Å². The Bertz CT molecular complexity index is 657. The van der Waals surface area contributed by atoms with Crippen LogP contribution in [0, 0.1) is 16.7 Å². The topological polar surface area (TPSA) is 29.1 Å². The number of rotatable bonds is 3. The van der Waals surface area contributed by atoms with Crippen LogP contribution in [-0.2, 0) is 4.79 Å². The summed E-state index contributed by atoms with van der Waals surface area (Å²) in [5.74, 6) is 0.508. The minimum Gasteiger partial charge on any atom is -0.358 e. The van der Waals surface area contributed by atoms with E-state index in [1.807, 2.05) is 25.2 Å². The van der Waals surface area contributed by atoms with Crippen molar-refractivity contribution in [3.63, 3.8) is 0 Å². The van der Waals surface area contributed by atoms with Crippen molar-refractivity contribution in [2.24, 2.45) is 16.7 Å². The van der Waals surface area contributed by atoms with Crippen molar-refractivity contribution < 1.29 is 4.79 Å². The van der Waals surface area contributed by atoms with Crippen molar-refractivity contribution >= 4 is 5.91 Å². The molecule has 0 saturated heterocycles. The number of carbonyl (C=O) groups is 1. The molecule has 0 aromatic carbocycles. The highest BCUT2D eigenvalue weighted by Crippen LogP contribution is 2.37. The van der Waals surface area contributed by atoms with Gasteiger partial charge in [0, 0.05) is 12.5 Å². The fourth-order valence-electron chi connectivity index (χ4n) is 2.82. The molecule has 2 atom stereocenters. The minimum atomic E-state index is -0.608. The normalized spacial score (nSPS) is 29.8. The molecule has 0 radical (unpaired) electrons. The Morgan fingerprint density at radius 1 is 1.00 bits per heavy atom. The van der Waals surface area contributed by atoms with Crippen LogP contribution in [0.25, 0.3) is 0 Å². The maximum atomic E-state index is 12.1. The Balaban J connectivity index is 2.32. The third-order valence-corrected chi connectivity index (χ3v) is 4.69. The number of hydrogen-bond donors (Lipinski definition) is 1. The van der Waals surface area contributed by atoms with E-state index >= 15 is 0 Å². The van der Waals surface area contributed by atoms with Crippen LogP contribution in [0.15, 0.2) is 71.9 Å². The molecule has 2 aliphatic carbocycles. The molecule has 0 spiro atoms. The van der Waals surface area contributed by atoms with E-state index in [1.54, 1.807) is 7.05 Å². The Morgan fingerprint density at radius 3 is 2.35 bits per heavy atom. The maximum absolute atomic E-state index is 12.1. The fourth-order valence-corrected chi connectivity index (χ4v) is 2.82. The predicted octanol–water partition coefficient (Wildman–Crippen LogP) is 4.51. The van der Waals surface area contributed by atoms with Crippen molar-refractivity contribution in [3.05, 3.63) is 71.9 Å². The van der Waals surface area contributed by atoms with Gasteiger partial charge in [0.25, 0.3) is 0 Å². The number of allylic oxidation sites excluding steroid dienone is 10. The standard InChI is InChI=1S/C21H27NO/c1-16(2)17-8-6-12-20(3,14-10-17)18-9-7-13-21(4,15-11-18)19(23)22-5/h6-16H,1-5H3,(H,22,23). The summed E-state index contributed by atoms with van der Waals surface area (Å²) in [7, 11) is 1.67. The molecule has 0 heterocycles. The summed E-state index contributed by atoms with van der Waals surface area (Å²) < 4.78 is 0. The van der Waals surface area contributed by atoms with Crippen molar-refractivity contribution in [2.45, 2.75) is 27.7 Å². The molecular weight excluding hydrogens is 282 g/mol. The van der Waals surface area contributed by atoms with Crippen LogP contribution in [0.3, 0.4) is 0 Å². The van der Waals surface area contributed by atoms with Gasteiger partial charge in [0.15, 0.2) is 0 Å². The van der Waals surface area contributed by atoms with Crippen molar-refractivity contribution in [2.75, 3.05) is 7.05 Å². The molecule has 1 amide bonds. The number of amides is 1. The second-order valence-corrected chi connectivity index (χ2v) is 6.97. The average Bonchev–Trinajstić information content (AvgIpc) is 2.84. The summed E-state index contributed by atoms with van der Waals surface area (Å²) in [6, 6.07) is 0. The van der Waals surface area contributed by atoms with Gasteiger partial charge >= 0.3 is 0 Å². The molecule has 1 N–H and O–H groups in total. The lowest BCUT2D eigenvalue weighted by atomic mass is 9.80. The molecular formula is C21H27NO. The molecule has 23 heavy (non-hydrogen) atoms.